The predicted octanol–water partition coefficient (Wildman–Crippen LogP) is 1.68. The van der Waals surface area contributed by atoms with Crippen molar-refractivity contribution in [3.05, 3.63) is 23.8 Å². The van der Waals surface area contributed by atoms with Gasteiger partial charge in [0, 0.05) is 6.54 Å². The smallest absolute Gasteiger partial charge is 0.328 e. The van der Waals surface area contributed by atoms with Gasteiger partial charge in [-0.3, -0.25) is 0 Å². The van der Waals surface area contributed by atoms with E-state index < -0.39 is 0 Å². The standard InChI is InChI=1S/C15H22N2O3/c1-4-12-9-17(10(2)15(18)19-3)13-6-5-11(8-16)7-14(13)20-12/h5-7,10,12H,4,8-9,16H2,1-3H3. The number of methoxy groups -OCH3 is 1. The van der Waals surface area contributed by atoms with Crippen molar-refractivity contribution in [3.8, 4) is 5.75 Å². The van der Waals surface area contributed by atoms with E-state index in [0.717, 1.165) is 23.4 Å². The number of hydrogen-bond donors (Lipinski definition) is 1. The number of benzene rings is 1. The zero-order valence-corrected chi connectivity index (χ0v) is 12.3. The summed E-state index contributed by atoms with van der Waals surface area (Å²) in [4.78, 5) is 13.9. The molecule has 0 amide bonds. The third kappa shape index (κ3) is 2.72. The minimum atomic E-state index is -0.333. The first kappa shape index (κ1) is 14.7. The summed E-state index contributed by atoms with van der Waals surface area (Å²) in [6.45, 7) is 5.08. The number of rotatable bonds is 4. The number of esters is 1. The summed E-state index contributed by atoms with van der Waals surface area (Å²) in [5, 5.41) is 0. The minimum Gasteiger partial charge on any atom is -0.486 e. The van der Waals surface area contributed by atoms with Crippen LogP contribution >= 0.6 is 0 Å². The van der Waals surface area contributed by atoms with Gasteiger partial charge >= 0.3 is 5.97 Å². The van der Waals surface area contributed by atoms with Gasteiger partial charge in [0.2, 0.25) is 0 Å². The fraction of sp³-hybridized carbons (Fsp3) is 0.533. The Morgan fingerprint density at radius 1 is 1.60 bits per heavy atom. The van der Waals surface area contributed by atoms with Crippen molar-refractivity contribution >= 4 is 11.7 Å². The Hall–Kier alpha value is -1.75. The second-order valence-corrected chi connectivity index (χ2v) is 5.01. The number of anilines is 1. The Morgan fingerprint density at radius 3 is 2.95 bits per heavy atom. The van der Waals surface area contributed by atoms with E-state index in [9.17, 15) is 4.79 Å². The van der Waals surface area contributed by atoms with Crippen LogP contribution in [-0.2, 0) is 16.1 Å². The first-order valence-corrected chi connectivity index (χ1v) is 6.94. The normalized spacial score (nSPS) is 19.0. The number of hydrogen-bond acceptors (Lipinski definition) is 5. The van der Waals surface area contributed by atoms with E-state index in [-0.39, 0.29) is 18.1 Å². The second-order valence-electron chi connectivity index (χ2n) is 5.01. The van der Waals surface area contributed by atoms with Crippen LogP contribution < -0.4 is 15.4 Å². The average Bonchev–Trinajstić information content (AvgIpc) is 2.51. The van der Waals surface area contributed by atoms with Crippen molar-refractivity contribution in [2.45, 2.75) is 39.0 Å². The Bertz CT molecular complexity index is 490. The van der Waals surface area contributed by atoms with Crippen LogP contribution in [0.5, 0.6) is 5.75 Å². The minimum absolute atomic E-state index is 0.0719. The van der Waals surface area contributed by atoms with Crippen LogP contribution in [0.15, 0.2) is 18.2 Å². The summed E-state index contributed by atoms with van der Waals surface area (Å²) in [5.41, 5.74) is 7.61. The third-order valence-corrected chi connectivity index (χ3v) is 3.73. The molecular weight excluding hydrogens is 256 g/mol. The van der Waals surface area contributed by atoms with Gasteiger partial charge in [0.05, 0.1) is 19.3 Å². The van der Waals surface area contributed by atoms with Gasteiger partial charge in [-0.25, -0.2) is 4.79 Å². The maximum Gasteiger partial charge on any atom is 0.328 e. The molecule has 20 heavy (non-hydrogen) atoms. The number of ether oxygens (including phenoxy) is 2. The summed E-state index contributed by atoms with van der Waals surface area (Å²) >= 11 is 0. The molecule has 2 atom stereocenters. The molecule has 0 saturated heterocycles. The largest absolute Gasteiger partial charge is 0.486 e. The molecule has 2 rings (SSSR count). The highest BCUT2D eigenvalue weighted by molar-refractivity contribution is 5.81. The molecule has 0 fully saturated rings. The van der Waals surface area contributed by atoms with E-state index in [1.165, 1.54) is 7.11 Å². The topological polar surface area (TPSA) is 64.8 Å². The quantitative estimate of drug-likeness (QED) is 0.849. The van der Waals surface area contributed by atoms with Gasteiger partial charge in [-0.05, 0) is 31.0 Å². The van der Waals surface area contributed by atoms with Gasteiger partial charge in [0.15, 0.2) is 0 Å². The van der Waals surface area contributed by atoms with E-state index in [4.69, 9.17) is 15.2 Å². The lowest BCUT2D eigenvalue weighted by Gasteiger charge is -2.38. The van der Waals surface area contributed by atoms with E-state index in [1.807, 2.05) is 30.0 Å². The molecule has 0 bridgehead atoms. The molecule has 5 heteroatoms. The molecule has 5 nitrogen and oxygen atoms in total. The maximum atomic E-state index is 11.8. The summed E-state index contributed by atoms with van der Waals surface area (Å²) in [7, 11) is 1.41. The number of fused-ring (bicyclic) bond motifs is 1. The van der Waals surface area contributed by atoms with Gasteiger partial charge in [-0.2, -0.15) is 0 Å². The van der Waals surface area contributed by atoms with Gasteiger partial charge in [0.1, 0.15) is 17.9 Å². The number of carbonyl (C=O) groups excluding carboxylic acids is 1. The molecule has 1 aromatic rings. The first-order chi connectivity index (χ1) is 9.60. The summed E-state index contributed by atoms with van der Waals surface area (Å²) in [6.07, 6.45) is 0.957. The second kappa shape index (κ2) is 6.13. The molecule has 2 N–H and O–H groups in total. The fourth-order valence-electron chi connectivity index (χ4n) is 2.43. The first-order valence-electron chi connectivity index (χ1n) is 6.94. The molecule has 0 radical (unpaired) electrons. The van der Waals surface area contributed by atoms with Crippen molar-refractivity contribution in [2.24, 2.45) is 5.73 Å². The van der Waals surface area contributed by atoms with Crippen LogP contribution in [-0.4, -0.2) is 31.8 Å². The number of nitrogens with two attached hydrogens (primary N) is 1. The van der Waals surface area contributed by atoms with Gasteiger partial charge in [0.25, 0.3) is 0 Å². The molecule has 1 heterocycles. The predicted molar refractivity (Wildman–Crippen MR) is 77.9 cm³/mol. The summed E-state index contributed by atoms with van der Waals surface area (Å²) in [6, 6.07) is 5.54. The zero-order valence-electron chi connectivity index (χ0n) is 12.3. The van der Waals surface area contributed by atoms with E-state index in [1.54, 1.807) is 0 Å². The van der Waals surface area contributed by atoms with Crippen LogP contribution in [0.2, 0.25) is 0 Å². The third-order valence-electron chi connectivity index (χ3n) is 3.73. The maximum absolute atomic E-state index is 11.8. The Kier molecular flexibility index (Phi) is 4.49. The van der Waals surface area contributed by atoms with Crippen molar-refractivity contribution in [1.29, 1.82) is 0 Å². The van der Waals surface area contributed by atoms with Crippen LogP contribution in [0.4, 0.5) is 5.69 Å². The lowest BCUT2D eigenvalue weighted by Crippen LogP contribution is -2.48. The lowest BCUT2D eigenvalue weighted by atomic mass is 10.1. The van der Waals surface area contributed by atoms with Gasteiger partial charge in [-0.1, -0.05) is 13.0 Å². The van der Waals surface area contributed by atoms with Crippen LogP contribution in [0.25, 0.3) is 0 Å². The lowest BCUT2D eigenvalue weighted by molar-refractivity contribution is -0.141. The Labute approximate surface area is 119 Å². The van der Waals surface area contributed by atoms with Crippen molar-refractivity contribution < 1.29 is 14.3 Å². The SMILES string of the molecule is CCC1CN(C(C)C(=O)OC)c2ccc(CN)cc2O1. The number of carbonyl (C=O) groups is 1. The van der Waals surface area contributed by atoms with E-state index >= 15 is 0 Å². The van der Waals surface area contributed by atoms with Crippen LogP contribution in [0.3, 0.4) is 0 Å². The van der Waals surface area contributed by atoms with Crippen molar-refractivity contribution in [1.82, 2.24) is 0 Å². The molecule has 2 unspecified atom stereocenters. The molecule has 0 aromatic heterocycles. The summed E-state index contributed by atoms with van der Waals surface area (Å²) < 4.78 is 10.8. The summed E-state index contributed by atoms with van der Waals surface area (Å²) in [5.74, 6) is 0.553. The number of nitrogens with zero attached hydrogens (tertiary/aromatic N) is 1. The molecule has 110 valence electrons. The molecule has 1 aliphatic rings. The van der Waals surface area contributed by atoms with Crippen LogP contribution in [0, 0.1) is 0 Å². The highest BCUT2D eigenvalue weighted by atomic mass is 16.5. The van der Waals surface area contributed by atoms with Gasteiger partial charge < -0.3 is 20.1 Å². The highest BCUT2D eigenvalue weighted by Crippen LogP contribution is 2.36. The fourth-order valence-corrected chi connectivity index (χ4v) is 2.43. The van der Waals surface area contributed by atoms with Crippen molar-refractivity contribution in [2.75, 3.05) is 18.6 Å². The average molecular weight is 278 g/mol. The monoisotopic (exact) mass is 278 g/mol. The molecule has 0 saturated carbocycles. The zero-order chi connectivity index (χ0) is 14.7. The van der Waals surface area contributed by atoms with Crippen molar-refractivity contribution in [3.63, 3.8) is 0 Å². The molecule has 1 aromatic carbocycles. The molecule has 1 aliphatic heterocycles. The van der Waals surface area contributed by atoms with E-state index in [0.29, 0.717) is 13.1 Å². The van der Waals surface area contributed by atoms with Crippen LogP contribution in [0.1, 0.15) is 25.8 Å². The Morgan fingerprint density at radius 2 is 2.35 bits per heavy atom. The Balaban J connectivity index is 2.36. The molecule has 0 aliphatic carbocycles. The molecular formula is C15H22N2O3. The van der Waals surface area contributed by atoms with Gasteiger partial charge in [-0.15, -0.1) is 0 Å². The molecule has 0 spiro atoms. The highest BCUT2D eigenvalue weighted by Gasteiger charge is 2.31. The van der Waals surface area contributed by atoms with E-state index in [2.05, 4.69) is 6.92 Å².